The Hall–Kier alpha value is -0.900. The molecule has 11 heavy (non-hydrogen) atoms. The van der Waals surface area contributed by atoms with Gasteiger partial charge in [0, 0.05) is 6.42 Å². The molecule has 0 radical (unpaired) electrons. The van der Waals surface area contributed by atoms with Crippen LogP contribution in [0.2, 0.25) is 0 Å². The zero-order valence-corrected chi connectivity index (χ0v) is 6.42. The predicted molar refractivity (Wildman–Crippen MR) is 38.0 cm³/mol. The highest BCUT2D eigenvalue weighted by Crippen LogP contribution is 2.02. The molecule has 0 saturated carbocycles. The smallest absolute Gasteiger partial charge is 0.323 e. The number of hydrogen-bond acceptors (Lipinski definition) is 4. The number of Topliss-reactive ketones (excluding diaryl/α,β-unsaturated/α-hetero) is 1. The Balaban J connectivity index is 2.37. The molecule has 1 atom stereocenters. The minimum absolute atomic E-state index is 0.0723. The van der Waals surface area contributed by atoms with Crippen LogP contribution in [0.5, 0.6) is 0 Å². The van der Waals surface area contributed by atoms with Gasteiger partial charge in [0.25, 0.3) is 0 Å². The SMILES string of the molecule is CCOC(=O)[C@@H]1CC(=O)CN1. The highest BCUT2D eigenvalue weighted by atomic mass is 16.5. The van der Waals surface area contributed by atoms with E-state index in [4.69, 9.17) is 4.74 Å². The third-order valence-electron chi connectivity index (χ3n) is 1.55. The van der Waals surface area contributed by atoms with Gasteiger partial charge in [-0.2, -0.15) is 0 Å². The van der Waals surface area contributed by atoms with Gasteiger partial charge in [0.2, 0.25) is 0 Å². The van der Waals surface area contributed by atoms with Gasteiger partial charge in [-0.3, -0.25) is 14.9 Å². The zero-order valence-electron chi connectivity index (χ0n) is 6.42. The van der Waals surface area contributed by atoms with E-state index in [1.54, 1.807) is 6.92 Å². The number of rotatable bonds is 2. The minimum Gasteiger partial charge on any atom is -0.465 e. The van der Waals surface area contributed by atoms with E-state index >= 15 is 0 Å². The van der Waals surface area contributed by atoms with Gasteiger partial charge in [-0.25, -0.2) is 0 Å². The summed E-state index contributed by atoms with van der Waals surface area (Å²) in [7, 11) is 0. The van der Waals surface area contributed by atoms with Gasteiger partial charge in [-0.1, -0.05) is 0 Å². The van der Waals surface area contributed by atoms with Crippen LogP contribution in [0.3, 0.4) is 0 Å². The molecule has 0 aromatic carbocycles. The van der Waals surface area contributed by atoms with Crippen molar-refractivity contribution in [2.75, 3.05) is 13.2 Å². The summed E-state index contributed by atoms with van der Waals surface area (Å²) in [6.07, 6.45) is 0.277. The van der Waals surface area contributed by atoms with E-state index in [0.29, 0.717) is 13.2 Å². The fraction of sp³-hybridized carbons (Fsp3) is 0.714. The average Bonchev–Trinajstić information content (AvgIpc) is 2.36. The maximum absolute atomic E-state index is 11.0. The molecule has 4 nitrogen and oxygen atoms in total. The van der Waals surface area contributed by atoms with E-state index in [2.05, 4.69) is 5.32 Å². The van der Waals surface area contributed by atoms with Crippen LogP contribution < -0.4 is 5.32 Å². The molecule has 0 amide bonds. The maximum Gasteiger partial charge on any atom is 0.323 e. The molecule has 0 spiro atoms. The van der Waals surface area contributed by atoms with Crippen molar-refractivity contribution in [1.82, 2.24) is 5.32 Å². The van der Waals surface area contributed by atoms with Crippen molar-refractivity contribution in [3.8, 4) is 0 Å². The van der Waals surface area contributed by atoms with Gasteiger partial charge in [-0.15, -0.1) is 0 Å². The van der Waals surface area contributed by atoms with Gasteiger partial charge in [-0.05, 0) is 6.92 Å². The second-order valence-corrected chi connectivity index (χ2v) is 2.43. The van der Waals surface area contributed by atoms with E-state index in [1.165, 1.54) is 0 Å². The lowest BCUT2D eigenvalue weighted by Crippen LogP contribution is -2.32. The molecule has 1 N–H and O–H groups in total. The highest BCUT2D eigenvalue weighted by Gasteiger charge is 2.28. The first kappa shape index (κ1) is 8.20. The minimum atomic E-state index is -0.401. The molecule has 1 fully saturated rings. The fourth-order valence-electron chi connectivity index (χ4n) is 1.02. The van der Waals surface area contributed by atoms with Crippen LogP contribution in [0.1, 0.15) is 13.3 Å². The Morgan fingerprint density at radius 3 is 3.00 bits per heavy atom. The largest absolute Gasteiger partial charge is 0.465 e. The van der Waals surface area contributed by atoms with Crippen molar-refractivity contribution in [3.05, 3.63) is 0 Å². The van der Waals surface area contributed by atoms with Crippen LogP contribution in [-0.4, -0.2) is 30.9 Å². The van der Waals surface area contributed by atoms with Gasteiger partial charge in [0.05, 0.1) is 13.2 Å². The average molecular weight is 157 g/mol. The molecular weight excluding hydrogens is 146 g/mol. The standard InChI is InChI=1S/C7H11NO3/c1-2-11-7(10)6-3-5(9)4-8-6/h6,8H,2-4H2,1H3/t6-/m0/s1. The summed E-state index contributed by atoms with van der Waals surface area (Å²) in [5, 5.41) is 2.77. The number of ether oxygens (including phenoxy) is 1. The summed E-state index contributed by atoms with van der Waals surface area (Å²) in [6.45, 7) is 2.41. The van der Waals surface area contributed by atoms with Gasteiger partial charge < -0.3 is 4.74 Å². The molecular formula is C7H11NO3. The van der Waals surface area contributed by atoms with Crippen LogP contribution in [0.25, 0.3) is 0 Å². The molecule has 62 valence electrons. The van der Waals surface area contributed by atoms with Gasteiger partial charge >= 0.3 is 5.97 Å². The van der Waals surface area contributed by atoms with Crippen molar-refractivity contribution >= 4 is 11.8 Å². The summed E-state index contributed by atoms with van der Waals surface area (Å²) < 4.78 is 4.72. The van der Waals surface area contributed by atoms with Crippen LogP contribution in [0.4, 0.5) is 0 Å². The lowest BCUT2D eigenvalue weighted by Gasteiger charge is -2.06. The molecule has 0 bridgehead atoms. The van der Waals surface area contributed by atoms with E-state index < -0.39 is 6.04 Å². The fourth-order valence-corrected chi connectivity index (χ4v) is 1.02. The summed E-state index contributed by atoms with van der Waals surface area (Å²) >= 11 is 0. The topological polar surface area (TPSA) is 55.4 Å². The van der Waals surface area contributed by atoms with Crippen molar-refractivity contribution in [3.63, 3.8) is 0 Å². The van der Waals surface area contributed by atoms with Crippen molar-refractivity contribution in [2.45, 2.75) is 19.4 Å². The van der Waals surface area contributed by atoms with Gasteiger partial charge in [0.1, 0.15) is 11.8 Å². The van der Waals surface area contributed by atoms with Crippen LogP contribution in [-0.2, 0) is 14.3 Å². The maximum atomic E-state index is 11.0. The summed E-state index contributed by atoms with van der Waals surface area (Å²) in [5.74, 6) is -0.249. The predicted octanol–water partition coefficient (Wildman–Crippen LogP) is -0.520. The first-order valence-electron chi connectivity index (χ1n) is 3.65. The van der Waals surface area contributed by atoms with E-state index in [0.717, 1.165) is 0 Å². The van der Waals surface area contributed by atoms with E-state index in [1.807, 2.05) is 0 Å². The van der Waals surface area contributed by atoms with E-state index in [9.17, 15) is 9.59 Å². The second kappa shape index (κ2) is 3.48. The third-order valence-corrected chi connectivity index (χ3v) is 1.55. The first-order valence-corrected chi connectivity index (χ1v) is 3.65. The van der Waals surface area contributed by atoms with Crippen molar-refractivity contribution in [2.24, 2.45) is 0 Å². The van der Waals surface area contributed by atoms with Crippen LogP contribution in [0.15, 0.2) is 0 Å². The number of ketones is 1. The number of nitrogens with one attached hydrogen (secondary N) is 1. The zero-order chi connectivity index (χ0) is 8.27. The third kappa shape index (κ3) is 2.01. The normalized spacial score (nSPS) is 23.7. The molecule has 1 heterocycles. The van der Waals surface area contributed by atoms with E-state index in [-0.39, 0.29) is 18.2 Å². The lowest BCUT2D eigenvalue weighted by atomic mass is 10.2. The molecule has 1 aliphatic rings. The van der Waals surface area contributed by atoms with Crippen molar-refractivity contribution in [1.29, 1.82) is 0 Å². The molecule has 0 unspecified atom stereocenters. The molecule has 0 aliphatic carbocycles. The first-order chi connectivity index (χ1) is 5.24. The Kier molecular flexibility index (Phi) is 2.59. The quantitative estimate of drug-likeness (QED) is 0.548. The summed E-state index contributed by atoms with van der Waals surface area (Å²) in [6, 6.07) is -0.401. The number of esters is 1. The second-order valence-electron chi connectivity index (χ2n) is 2.43. The Morgan fingerprint density at radius 1 is 1.82 bits per heavy atom. The number of carbonyl (C=O) groups excluding carboxylic acids is 2. The van der Waals surface area contributed by atoms with Crippen LogP contribution >= 0.6 is 0 Å². The highest BCUT2D eigenvalue weighted by molar-refractivity contribution is 5.91. The number of hydrogen-bond donors (Lipinski definition) is 1. The molecule has 0 aromatic heterocycles. The Labute approximate surface area is 64.9 Å². The van der Waals surface area contributed by atoms with Crippen LogP contribution in [0, 0.1) is 0 Å². The van der Waals surface area contributed by atoms with Crippen molar-refractivity contribution < 1.29 is 14.3 Å². The molecule has 1 aliphatic heterocycles. The molecule has 4 heteroatoms. The number of carbonyl (C=O) groups is 2. The Bertz CT molecular complexity index is 179. The Morgan fingerprint density at radius 2 is 2.55 bits per heavy atom. The lowest BCUT2D eigenvalue weighted by molar-refractivity contribution is -0.145. The molecule has 1 saturated heterocycles. The summed E-state index contributed by atoms with van der Waals surface area (Å²) in [4.78, 5) is 21.6. The molecule has 1 rings (SSSR count). The summed E-state index contributed by atoms with van der Waals surface area (Å²) in [5.41, 5.74) is 0. The molecule has 0 aromatic rings. The van der Waals surface area contributed by atoms with Gasteiger partial charge in [0.15, 0.2) is 0 Å². The monoisotopic (exact) mass is 157 g/mol.